The molecule has 1 heterocycles. The highest BCUT2D eigenvalue weighted by atomic mass is 16.5. The molecule has 0 saturated heterocycles. The first-order valence-corrected chi connectivity index (χ1v) is 6.70. The largest absolute Gasteiger partial charge is 0.439 e. The Morgan fingerprint density at radius 3 is 2.50 bits per heavy atom. The molecule has 0 radical (unpaired) electrons. The molecule has 0 aliphatic heterocycles. The van der Waals surface area contributed by atoms with Gasteiger partial charge in [-0.3, -0.25) is 0 Å². The van der Waals surface area contributed by atoms with Crippen molar-refractivity contribution in [3.8, 4) is 17.7 Å². The molecule has 0 fully saturated rings. The molecule has 20 heavy (non-hydrogen) atoms. The molecule has 0 bridgehead atoms. The quantitative estimate of drug-likeness (QED) is 0.822. The third-order valence-corrected chi connectivity index (χ3v) is 3.61. The van der Waals surface area contributed by atoms with E-state index < -0.39 is 0 Å². The Bertz CT molecular complexity index is 624. The average Bonchev–Trinajstić information content (AvgIpc) is 2.48. The summed E-state index contributed by atoms with van der Waals surface area (Å²) in [6, 6.07) is 13.4. The Labute approximate surface area is 119 Å². The van der Waals surface area contributed by atoms with Crippen LogP contribution in [0.2, 0.25) is 0 Å². The van der Waals surface area contributed by atoms with Crippen LogP contribution in [0.1, 0.15) is 38.3 Å². The Morgan fingerprint density at radius 1 is 1.20 bits per heavy atom. The van der Waals surface area contributed by atoms with Gasteiger partial charge >= 0.3 is 0 Å². The highest BCUT2D eigenvalue weighted by Crippen LogP contribution is 2.29. The first kappa shape index (κ1) is 14.1. The molecule has 3 heteroatoms. The fourth-order valence-corrected chi connectivity index (χ4v) is 1.83. The van der Waals surface area contributed by atoms with Crippen molar-refractivity contribution in [1.82, 2.24) is 4.98 Å². The number of benzene rings is 1. The number of aromatic nitrogens is 1. The molecule has 0 N–H and O–H groups in total. The molecule has 0 unspecified atom stereocenters. The molecule has 0 saturated carbocycles. The summed E-state index contributed by atoms with van der Waals surface area (Å²) >= 11 is 0. The van der Waals surface area contributed by atoms with Gasteiger partial charge in [0.2, 0.25) is 5.88 Å². The summed E-state index contributed by atoms with van der Waals surface area (Å²) in [6.07, 6.45) is 2.65. The molecule has 2 rings (SSSR count). The van der Waals surface area contributed by atoms with E-state index in [4.69, 9.17) is 10.00 Å². The van der Waals surface area contributed by atoms with Gasteiger partial charge in [-0.25, -0.2) is 4.98 Å². The number of rotatable bonds is 4. The molecular formula is C17H18N2O. The topological polar surface area (TPSA) is 45.9 Å². The number of ether oxygens (including phenoxy) is 1. The number of hydrogen-bond donors (Lipinski definition) is 0. The van der Waals surface area contributed by atoms with Crippen molar-refractivity contribution in [2.24, 2.45) is 0 Å². The van der Waals surface area contributed by atoms with Crippen molar-refractivity contribution < 1.29 is 4.74 Å². The lowest BCUT2D eigenvalue weighted by atomic mass is 9.82. The van der Waals surface area contributed by atoms with Gasteiger partial charge < -0.3 is 4.74 Å². The zero-order valence-corrected chi connectivity index (χ0v) is 12.1. The van der Waals surface area contributed by atoms with Gasteiger partial charge in [-0.1, -0.05) is 32.9 Å². The Kier molecular flexibility index (Phi) is 4.05. The predicted octanol–water partition coefficient (Wildman–Crippen LogP) is 4.43. The summed E-state index contributed by atoms with van der Waals surface area (Å²) in [6.45, 7) is 6.63. The Morgan fingerprint density at radius 2 is 1.90 bits per heavy atom. The smallest absolute Gasteiger partial charge is 0.220 e. The molecule has 1 aromatic heterocycles. The second-order valence-corrected chi connectivity index (χ2v) is 5.36. The van der Waals surface area contributed by atoms with Gasteiger partial charge in [0.15, 0.2) is 0 Å². The fraction of sp³-hybridized carbons (Fsp3) is 0.294. The van der Waals surface area contributed by atoms with Gasteiger partial charge in [0, 0.05) is 12.3 Å². The fourth-order valence-electron chi connectivity index (χ4n) is 1.83. The van der Waals surface area contributed by atoms with Gasteiger partial charge in [0.05, 0.1) is 11.6 Å². The van der Waals surface area contributed by atoms with Gasteiger partial charge in [0.1, 0.15) is 5.75 Å². The lowest BCUT2D eigenvalue weighted by Crippen LogP contribution is -2.14. The first-order valence-electron chi connectivity index (χ1n) is 6.70. The Hall–Kier alpha value is -2.34. The summed E-state index contributed by atoms with van der Waals surface area (Å²) in [5.74, 6) is 1.16. The van der Waals surface area contributed by atoms with Gasteiger partial charge in [0.25, 0.3) is 0 Å². The maximum absolute atomic E-state index is 8.85. The highest BCUT2D eigenvalue weighted by molar-refractivity contribution is 5.36. The molecule has 2 aromatic rings. The molecule has 102 valence electrons. The normalized spacial score (nSPS) is 10.9. The van der Waals surface area contributed by atoms with Crippen LogP contribution >= 0.6 is 0 Å². The van der Waals surface area contributed by atoms with E-state index in [9.17, 15) is 0 Å². The third-order valence-electron chi connectivity index (χ3n) is 3.61. The van der Waals surface area contributed by atoms with E-state index in [-0.39, 0.29) is 5.41 Å². The molecule has 0 atom stereocenters. The standard InChI is InChI=1S/C17H18N2O/c1-4-17(2,3)14-5-7-15(8-6-14)20-16-11-13(12-18)9-10-19-16/h5-11H,4H2,1-3H3. The highest BCUT2D eigenvalue weighted by Gasteiger charge is 2.17. The SMILES string of the molecule is CCC(C)(C)c1ccc(Oc2cc(C#N)ccn2)cc1. The predicted molar refractivity (Wildman–Crippen MR) is 78.8 cm³/mol. The first-order chi connectivity index (χ1) is 9.55. The Balaban J connectivity index is 2.17. The van der Waals surface area contributed by atoms with Crippen LogP contribution in [0.3, 0.4) is 0 Å². The summed E-state index contributed by atoms with van der Waals surface area (Å²) in [7, 11) is 0. The zero-order valence-electron chi connectivity index (χ0n) is 12.1. The van der Waals surface area contributed by atoms with Crippen molar-refractivity contribution >= 4 is 0 Å². The summed E-state index contributed by atoms with van der Waals surface area (Å²) in [5.41, 5.74) is 1.99. The third kappa shape index (κ3) is 3.16. The molecule has 0 aliphatic carbocycles. The van der Waals surface area contributed by atoms with Crippen LogP contribution in [0.25, 0.3) is 0 Å². The molecule has 1 aromatic carbocycles. The van der Waals surface area contributed by atoms with E-state index in [0.717, 1.165) is 12.2 Å². The van der Waals surface area contributed by atoms with Crippen LogP contribution in [0.15, 0.2) is 42.6 Å². The summed E-state index contributed by atoms with van der Waals surface area (Å²) < 4.78 is 5.66. The lowest BCUT2D eigenvalue weighted by Gasteiger charge is -2.23. The van der Waals surface area contributed by atoms with E-state index in [1.165, 1.54) is 5.56 Å². The summed E-state index contributed by atoms with van der Waals surface area (Å²) in [5, 5.41) is 8.85. The summed E-state index contributed by atoms with van der Waals surface area (Å²) in [4.78, 5) is 4.10. The zero-order chi connectivity index (χ0) is 14.6. The van der Waals surface area contributed by atoms with E-state index in [2.05, 4.69) is 44.0 Å². The van der Waals surface area contributed by atoms with Gasteiger partial charge in [-0.15, -0.1) is 0 Å². The van der Waals surface area contributed by atoms with Crippen molar-refractivity contribution in [1.29, 1.82) is 5.26 Å². The molecular weight excluding hydrogens is 248 g/mol. The maximum Gasteiger partial charge on any atom is 0.220 e. The number of nitriles is 1. The van der Waals surface area contributed by atoms with E-state index in [1.54, 1.807) is 18.3 Å². The number of hydrogen-bond acceptors (Lipinski definition) is 3. The van der Waals surface area contributed by atoms with Crippen LogP contribution in [-0.2, 0) is 5.41 Å². The van der Waals surface area contributed by atoms with Crippen LogP contribution in [0, 0.1) is 11.3 Å². The van der Waals surface area contributed by atoms with Crippen LogP contribution < -0.4 is 4.74 Å². The van der Waals surface area contributed by atoms with Crippen LogP contribution in [0.4, 0.5) is 0 Å². The number of pyridine rings is 1. The molecule has 3 nitrogen and oxygen atoms in total. The second-order valence-electron chi connectivity index (χ2n) is 5.36. The van der Waals surface area contributed by atoms with Gasteiger partial charge in [-0.2, -0.15) is 5.26 Å². The average molecular weight is 266 g/mol. The van der Waals surface area contributed by atoms with Crippen LogP contribution in [-0.4, -0.2) is 4.98 Å². The minimum Gasteiger partial charge on any atom is -0.439 e. The monoisotopic (exact) mass is 266 g/mol. The van der Waals surface area contributed by atoms with E-state index in [0.29, 0.717) is 11.4 Å². The number of nitrogens with zero attached hydrogens (tertiary/aromatic N) is 2. The molecule has 0 amide bonds. The minimum atomic E-state index is 0.164. The van der Waals surface area contributed by atoms with E-state index in [1.807, 2.05) is 12.1 Å². The lowest BCUT2D eigenvalue weighted by molar-refractivity contribution is 0.460. The van der Waals surface area contributed by atoms with Gasteiger partial charge in [-0.05, 0) is 35.6 Å². The maximum atomic E-state index is 8.85. The molecule has 0 spiro atoms. The van der Waals surface area contributed by atoms with Crippen molar-refractivity contribution in [3.63, 3.8) is 0 Å². The van der Waals surface area contributed by atoms with Crippen molar-refractivity contribution in [3.05, 3.63) is 53.7 Å². The minimum absolute atomic E-state index is 0.164. The second kappa shape index (κ2) is 5.75. The van der Waals surface area contributed by atoms with Crippen LogP contribution in [0.5, 0.6) is 11.6 Å². The van der Waals surface area contributed by atoms with Crippen molar-refractivity contribution in [2.75, 3.05) is 0 Å². The van der Waals surface area contributed by atoms with E-state index >= 15 is 0 Å². The van der Waals surface area contributed by atoms with Crippen molar-refractivity contribution in [2.45, 2.75) is 32.6 Å². The molecule has 0 aliphatic rings.